The Hall–Kier alpha value is -2.18. The van der Waals surface area contributed by atoms with Gasteiger partial charge in [0.25, 0.3) is 5.89 Å². The lowest BCUT2D eigenvalue weighted by molar-refractivity contribution is 0.0599. The Bertz CT molecular complexity index is 844. The average molecular weight is 346 g/mol. The molecule has 0 unspecified atom stereocenters. The SMILES string of the molecule is Clc1ccc(C2=NO[C@H](c3nc(Cc4ccccc4)no3)C2)s1. The van der Waals surface area contributed by atoms with Gasteiger partial charge in [0.1, 0.15) is 5.71 Å². The maximum absolute atomic E-state index is 5.95. The van der Waals surface area contributed by atoms with Crippen molar-refractivity contribution in [2.45, 2.75) is 18.9 Å². The lowest BCUT2D eigenvalue weighted by Crippen LogP contribution is -2.01. The van der Waals surface area contributed by atoms with Crippen molar-refractivity contribution in [3.05, 3.63) is 69.0 Å². The number of hydrogen-bond donors (Lipinski definition) is 0. The summed E-state index contributed by atoms with van der Waals surface area (Å²) in [5.41, 5.74) is 1.99. The maximum Gasteiger partial charge on any atom is 0.270 e. The summed E-state index contributed by atoms with van der Waals surface area (Å²) in [5, 5.41) is 8.13. The number of benzene rings is 1. The first-order valence-electron chi connectivity index (χ1n) is 7.13. The smallest absolute Gasteiger partial charge is 0.270 e. The highest BCUT2D eigenvalue weighted by molar-refractivity contribution is 7.18. The minimum atomic E-state index is -0.331. The van der Waals surface area contributed by atoms with E-state index in [1.165, 1.54) is 11.3 Å². The normalized spacial score (nSPS) is 17.1. The molecule has 1 aliphatic rings. The van der Waals surface area contributed by atoms with Crippen LogP contribution in [0.2, 0.25) is 4.34 Å². The van der Waals surface area contributed by atoms with Crippen LogP contribution in [0.5, 0.6) is 0 Å². The van der Waals surface area contributed by atoms with Gasteiger partial charge >= 0.3 is 0 Å². The topological polar surface area (TPSA) is 60.5 Å². The molecule has 23 heavy (non-hydrogen) atoms. The highest BCUT2D eigenvalue weighted by Gasteiger charge is 2.29. The molecule has 0 saturated heterocycles. The summed E-state index contributed by atoms with van der Waals surface area (Å²) in [7, 11) is 0. The van der Waals surface area contributed by atoms with Gasteiger partial charge in [-0.2, -0.15) is 4.98 Å². The summed E-state index contributed by atoms with van der Waals surface area (Å²) in [5.74, 6) is 1.10. The van der Waals surface area contributed by atoms with E-state index in [-0.39, 0.29) is 6.10 Å². The second-order valence-electron chi connectivity index (χ2n) is 5.15. The van der Waals surface area contributed by atoms with Crippen molar-refractivity contribution in [3.8, 4) is 0 Å². The third-order valence-electron chi connectivity index (χ3n) is 3.49. The summed E-state index contributed by atoms with van der Waals surface area (Å²) in [4.78, 5) is 10.9. The fraction of sp³-hybridized carbons (Fsp3) is 0.188. The van der Waals surface area contributed by atoms with Crippen molar-refractivity contribution < 1.29 is 9.36 Å². The fourth-order valence-electron chi connectivity index (χ4n) is 2.37. The summed E-state index contributed by atoms with van der Waals surface area (Å²) in [6.07, 6.45) is 0.901. The summed E-state index contributed by atoms with van der Waals surface area (Å²) in [6, 6.07) is 13.8. The molecule has 0 amide bonds. The molecular formula is C16H12ClN3O2S. The number of rotatable bonds is 4. The maximum atomic E-state index is 5.95. The Labute approximate surface area is 141 Å². The van der Waals surface area contributed by atoms with Crippen LogP contribution in [0.15, 0.2) is 52.1 Å². The van der Waals surface area contributed by atoms with Gasteiger partial charge in [0.2, 0.25) is 6.10 Å². The van der Waals surface area contributed by atoms with Crippen LogP contribution in [-0.2, 0) is 11.3 Å². The van der Waals surface area contributed by atoms with Gasteiger partial charge in [0, 0.05) is 12.8 Å². The summed E-state index contributed by atoms with van der Waals surface area (Å²) >= 11 is 7.43. The van der Waals surface area contributed by atoms with E-state index >= 15 is 0 Å². The van der Waals surface area contributed by atoms with Gasteiger partial charge < -0.3 is 9.36 Å². The van der Waals surface area contributed by atoms with Crippen molar-refractivity contribution in [3.63, 3.8) is 0 Å². The zero-order valence-corrected chi connectivity index (χ0v) is 13.5. The molecule has 3 heterocycles. The van der Waals surface area contributed by atoms with Gasteiger partial charge in [-0.3, -0.25) is 0 Å². The Morgan fingerprint density at radius 3 is 2.83 bits per heavy atom. The molecule has 2 aromatic heterocycles. The molecule has 1 atom stereocenters. The Balaban J connectivity index is 1.44. The monoisotopic (exact) mass is 345 g/mol. The number of thiophene rings is 1. The molecule has 0 aliphatic carbocycles. The zero-order valence-electron chi connectivity index (χ0n) is 12.0. The minimum Gasteiger partial charge on any atom is -0.382 e. The van der Waals surface area contributed by atoms with Crippen LogP contribution < -0.4 is 0 Å². The predicted octanol–water partition coefficient (Wildman–Crippen LogP) is 4.24. The number of hydrogen-bond acceptors (Lipinski definition) is 6. The first kappa shape index (κ1) is 14.4. The van der Waals surface area contributed by atoms with Crippen molar-refractivity contribution in [1.29, 1.82) is 0 Å². The lowest BCUT2D eigenvalue weighted by Gasteiger charge is -2.00. The molecule has 0 bridgehead atoms. The molecule has 1 aliphatic heterocycles. The van der Waals surface area contributed by atoms with Gasteiger partial charge in [-0.05, 0) is 17.7 Å². The van der Waals surface area contributed by atoms with Gasteiger partial charge in [0.15, 0.2) is 5.82 Å². The summed E-state index contributed by atoms with van der Waals surface area (Å²) < 4.78 is 6.06. The van der Waals surface area contributed by atoms with Gasteiger partial charge in [-0.25, -0.2) is 0 Å². The van der Waals surface area contributed by atoms with E-state index in [1.54, 1.807) is 0 Å². The van der Waals surface area contributed by atoms with Crippen molar-refractivity contribution in [2.75, 3.05) is 0 Å². The molecular weight excluding hydrogens is 334 g/mol. The number of halogens is 1. The molecule has 3 aromatic rings. The predicted molar refractivity (Wildman–Crippen MR) is 87.9 cm³/mol. The van der Waals surface area contributed by atoms with Crippen LogP contribution in [0, 0.1) is 0 Å². The first-order valence-corrected chi connectivity index (χ1v) is 8.32. The molecule has 0 N–H and O–H groups in total. The standard InChI is InChI=1S/C16H12ClN3O2S/c17-14-7-6-13(23-14)11-9-12(21-19-11)16-18-15(20-22-16)8-10-4-2-1-3-5-10/h1-7,12H,8-9H2/t12-/m0/s1. The zero-order chi connectivity index (χ0) is 15.6. The highest BCUT2D eigenvalue weighted by Crippen LogP contribution is 2.32. The van der Waals surface area contributed by atoms with Crippen LogP contribution in [0.4, 0.5) is 0 Å². The summed E-state index contributed by atoms with van der Waals surface area (Å²) in [6.45, 7) is 0. The molecule has 116 valence electrons. The molecule has 0 spiro atoms. The van der Waals surface area contributed by atoms with Crippen LogP contribution in [0.1, 0.15) is 34.7 Å². The van der Waals surface area contributed by atoms with Crippen LogP contribution >= 0.6 is 22.9 Å². The fourth-order valence-corrected chi connectivity index (χ4v) is 3.41. The molecule has 0 radical (unpaired) electrons. The van der Waals surface area contributed by atoms with E-state index in [4.69, 9.17) is 21.0 Å². The number of oxime groups is 1. The van der Waals surface area contributed by atoms with E-state index in [0.717, 1.165) is 20.5 Å². The van der Waals surface area contributed by atoms with Crippen LogP contribution in [0.25, 0.3) is 0 Å². The van der Waals surface area contributed by atoms with Crippen LogP contribution in [-0.4, -0.2) is 15.9 Å². The quantitative estimate of drug-likeness (QED) is 0.709. The average Bonchev–Trinajstić information content (AvgIpc) is 3.28. The molecule has 4 rings (SSSR count). The third kappa shape index (κ3) is 3.13. The Morgan fingerprint density at radius 2 is 2.04 bits per heavy atom. The Morgan fingerprint density at radius 1 is 1.17 bits per heavy atom. The van der Waals surface area contributed by atoms with Gasteiger partial charge in [-0.15, -0.1) is 11.3 Å². The van der Waals surface area contributed by atoms with E-state index in [9.17, 15) is 0 Å². The van der Waals surface area contributed by atoms with Gasteiger partial charge in [0.05, 0.1) is 9.21 Å². The van der Waals surface area contributed by atoms with Crippen molar-refractivity contribution in [1.82, 2.24) is 10.1 Å². The molecule has 0 saturated carbocycles. The Kier molecular flexibility index (Phi) is 3.85. The number of aromatic nitrogens is 2. The third-order valence-corrected chi connectivity index (χ3v) is 4.77. The van der Waals surface area contributed by atoms with Crippen molar-refractivity contribution >= 4 is 28.6 Å². The molecule has 5 nitrogen and oxygen atoms in total. The second-order valence-corrected chi connectivity index (χ2v) is 6.87. The second kappa shape index (κ2) is 6.14. The minimum absolute atomic E-state index is 0.331. The van der Waals surface area contributed by atoms with Gasteiger partial charge in [-0.1, -0.05) is 52.2 Å². The molecule has 1 aromatic carbocycles. The molecule has 7 heteroatoms. The van der Waals surface area contributed by atoms with Crippen LogP contribution in [0.3, 0.4) is 0 Å². The van der Waals surface area contributed by atoms with E-state index in [1.807, 2.05) is 42.5 Å². The van der Waals surface area contributed by atoms with E-state index in [0.29, 0.717) is 24.6 Å². The highest BCUT2D eigenvalue weighted by atomic mass is 35.5. The van der Waals surface area contributed by atoms with E-state index < -0.39 is 0 Å². The number of nitrogens with zero attached hydrogens (tertiary/aromatic N) is 3. The largest absolute Gasteiger partial charge is 0.382 e. The van der Waals surface area contributed by atoms with Crippen molar-refractivity contribution in [2.24, 2.45) is 5.16 Å². The molecule has 0 fully saturated rings. The lowest BCUT2D eigenvalue weighted by atomic mass is 10.1. The first-order chi connectivity index (χ1) is 11.3. The van der Waals surface area contributed by atoms with E-state index in [2.05, 4.69) is 15.3 Å².